The summed E-state index contributed by atoms with van der Waals surface area (Å²) in [7, 11) is 0. The summed E-state index contributed by atoms with van der Waals surface area (Å²) in [5, 5.41) is 0. The molecule has 166 valence electrons. The molecule has 0 spiro atoms. The molecule has 0 bridgehead atoms. The molecule has 1 amide bonds. The fourth-order valence-electron chi connectivity index (χ4n) is 4.39. The van der Waals surface area contributed by atoms with Gasteiger partial charge in [-0.15, -0.1) is 0 Å². The third kappa shape index (κ3) is 6.52. The van der Waals surface area contributed by atoms with Crippen LogP contribution in [0.3, 0.4) is 0 Å². The highest BCUT2D eigenvalue weighted by Gasteiger charge is 2.22. The van der Waals surface area contributed by atoms with Crippen molar-refractivity contribution < 1.29 is 9.53 Å². The zero-order valence-electron chi connectivity index (χ0n) is 18.4. The van der Waals surface area contributed by atoms with Crippen LogP contribution in [0.5, 0.6) is 5.75 Å². The van der Waals surface area contributed by atoms with Crippen molar-refractivity contribution in [2.75, 3.05) is 52.4 Å². The van der Waals surface area contributed by atoms with Gasteiger partial charge in [0.15, 0.2) is 0 Å². The molecule has 2 saturated heterocycles. The molecule has 1 aromatic heterocycles. The number of likely N-dealkylation sites (tertiary alicyclic amines) is 1. The molecule has 2 fully saturated rings. The summed E-state index contributed by atoms with van der Waals surface area (Å²) in [6.07, 6.45) is 8.74. The second-order valence-electron chi connectivity index (χ2n) is 8.55. The Morgan fingerprint density at radius 2 is 1.55 bits per heavy atom. The van der Waals surface area contributed by atoms with E-state index in [1.165, 1.54) is 37.9 Å². The molecular weight excluding hydrogens is 388 g/mol. The Hall–Kier alpha value is -2.44. The summed E-state index contributed by atoms with van der Waals surface area (Å²) in [5.74, 6) is 0.956. The van der Waals surface area contributed by atoms with Crippen LogP contribution in [-0.2, 0) is 6.54 Å². The number of carbonyl (C=O) groups excluding carboxylic acids is 1. The van der Waals surface area contributed by atoms with Gasteiger partial charge in [-0.05, 0) is 74.3 Å². The Balaban J connectivity index is 1.18. The highest BCUT2D eigenvalue weighted by atomic mass is 16.5. The van der Waals surface area contributed by atoms with Crippen molar-refractivity contribution in [3.63, 3.8) is 0 Å². The summed E-state index contributed by atoms with van der Waals surface area (Å²) in [6.45, 7) is 8.53. The molecule has 0 saturated carbocycles. The number of piperazine rings is 1. The molecule has 2 aliphatic rings. The number of piperidine rings is 1. The molecule has 2 aromatic rings. The normalized spacial score (nSPS) is 18.1. The van der Waals surface area contributed by atoms with Crippen LogP contribution < -0.4 is 4.74 Å². The molecule has 1 aromatic carbocycles. The van der Waals surface area contributed by atoms with Gasteiger partial charge in [-0.2, -0.15) is 0 Å². The van der Waals surface area contributed by atoms with E-state index in [-0.39, 0.29) is 5.91 Å². The van der Waals surface area contributed by atoms with Crippen molar-refractivity contribution in [3.8, 4) is 5.75 Å². The number of benzene rings is 1. The van der Waals surface area contributed by atoms with Crippen molar-refractivity contribution in [2.45, 2.75) is 32.2 Å². The number of hydrogen-bond acceptors (Lipinski definition) is 5. The molecule has 6 heteroatoms. The van der Waals surface area contributed by atoms with Gasteiger partial charge in [-0.1, -0.05) is 6.42 Å². The summed E-state index contributed by atoms with van der Waals surface area (Å²) in [5.41, 5.74) is 2.00. The minimum absolute atomic E-state index is 0.111. The predicted octanol–water partition coefficient (Wildman–Crippen LogP) is 3.29. The SMILES string of the molecule is O=C(c1ccc(OCCCN2CCCCC2)cc1)N1CCN(Cc2ccncc2)CC1. The van der Waals surface area contributed by atoms with Gasteiger partial charge >= 0.3 is 0 Å². The van der Waals surface area contributed by atoms with Gasteiger partial charge in [-0.3, -0.25) is 14.7 Å². The second-order valence-corrected chi connectivity index (χ2v) is 8.55. The Morgan fingerprint density at radius 1 is 0.839 bits per heavy atom. The first-order chi connectivity index (χ1) is 15.3. The number of aromatic nitrogens is 1. The molecule has 4 rings (SSSR count). The zero-order chi connectivity index (χ0) is 21.3. The van der Waals surface area contributed by atoms with Crippen LogP contribution in [0.1, 0.15) is 41.6 Å². The molecule has 0 aliphatic carbocycles. The largest absolute Gasteiger partial charge is 0.494 e. The number of carbonyl (C=O) groups is 1. The van der Waals surface area contributed by atoms with Crippen LogP contribution in [0.2, 0.25) is 0 Å². The van der Waals surface area contributed by atoms with E-state index < -0.39 is 0 Å². The van der Waals surface area contributed by atoms with Gasteiger partial charge in [0, 0.05) is 57.2 Å². The van der Waals surface area contributed by atoms with Gasteiger partial charge in [-0.25, -0.2) is 0 Å². The zero-order valence-corrected chi connectivity index (χ0v) is 18.4. The lowest BCUT2D eigenvalue weighted by atomic mass is 10.1. The minimum Gasteiger partial charge on any atom is -0.494 e. The van der Waals surface area contributed by atoms with E-state index in [0.717, 1.165) is 63.6 Å². The van der Waals surface area contributed by atoms with Crippen molar-refractivity contribution in [2.24, 2.45) is 0 Å². The average molecular weight is 423 g/mol. The summed E-state index contributed by atoms with van der Waals surface area (Å²) in [6, 6.07) is 11.7. The predicted molar refractivity (Wildman–Crippen MR) is 122 cm³/mol. The summed E-state index contributed by atoms with van der Waals surface area (Å²) < 4.78 is 5.89. The Morgan fingerprint density at radius 3 is 2.26 bits per heavy atom. The smallest absolute Gasteiger partial charge is 0.253 e. The van der Waals surface area contributed by atoms with Crippen LogP contribution in [-0.4, -0.2) is 78.0 Å². The third-order valence-electron chi connectivity index (χ3n) is 6.25. The van der Waals surface area contributed by atoms with Gasteiger partial charge in [0.25, 0.3) is 5.91 Å². The maximum atomic E-state index is 12.9. The van der Waals surface area contributed by atoms with Gasteiger partial charge in [0.05, 0.1) is 6.61 Å². The van der Waals surface area contributed by atoms with Gasteiger partial charge < -0.3 is 14.5 Å². The van der Waals surface area contributed by atoms with E-state index in [0.29, 0.717) is 0 Å². The van der Waals surface area contributed by atoms with Gasteiger partial charge in [0.1, 0.15) is 5.75 Å². The van der Waals surface area contributed by atoms with Crippen LogP contribution in [0, 0.1) is 0 Å². The second kappa shape index (κ2) is 11.3. The van der Waals surface area contributed by atoms with E-state index in [2.05, 4.69) is 26.9 Å². The average Bonchev–Trinajstić information content (AvgIpc) is 2.84. The Kier molecular flexibility index (Phi) is 7.91. The molecule has 2 aliphatic heterocycles. The monoisotopic (exact) mass is 422 g/mol. The third-order valence-corrected chi connectivity index (χ3v) is 6.25. The lowest BCUT2D eigenvalue weighted by Crippen LogP contribution is -2.48. The number of amides is 1. The Bertz CT molecular complexity index is 798. The van der Waals surface area contributed by atoms with Crippen molar-refractivity contribution in [3.05, 3.63) is 59.9 Å². The minimum atomic E-state index is 0.111. The molecule has 3 heterocycles. The number of pyridine rings is 1. The molecule has 0 unspecified atom stereocenters. The summed E-state index contributed by atoms with van der Waals surface area (Å²) >= 11 is 0. The van der Waals surface area contributed by atoms with E-state index in [1.807, 2.05) is 41.6 Å². The van der Waals surface area contributed by atoms with E-state index in [4.69, 9.17) is 4.74 Å². The van der Waals surface area contributed by atoms with Crippen LogP contribution in [0.25, 0.3) is 0 Å². The fourth-order valence-corrected chi connectivity index (χ4v) is 4.39. The molecule has 0 N–H and O–H groups in total. The number of hydrogen-bond donors (Lipinski definition) is 0. The van der Waals surface area contributed by atoms with Crippen molar-refractivity contribution >= 4 is 5.91 Å². The Labute approximate surface area is 185 Å². The number of ether oxygens (including phenoxy) is 1. The molecule has 31 heavy (non-hydrogen) atoms. The quantitative estimate of drug-likeness (QED) is 0.611. The number of rotatable bonds is 8. The van der Waals surface area contributed by atoms with Crippen molar-refractivity contribution in [1.29, 1.82) is 0 Å². The molecule has 0 atom stereocenters. The molecular formula is C25H34N4O2. The molecule has 0 radical (unpaired) electrons. The highest BCUT2D eigenvalue weighted by molar-refractivity contribution is 5.94. The van der Waals surface area contributed by atoms with Gasteiger partial charge in [0.2, 0.25) is 0 Å². The summed E-state index contributed by atoms with van der Waals surface area (Å²) in [4.78, 5) is 23.8. The first kappa shape index (κ1) is 21.8. The van der Waals surface area contributed by atoms with E-state index in [9.17, 15) is 4.79 Å². The lowest BCUT2D eigenvalue weighted by Gasteiger charge is -2.34. The fraction of sp³-hybridized carbons (Fsp3) is 0.520. The van der Waals surface area contributed by atoms with E-state index in [1.54, 1.807) is 0 Å². The van der Waals surface area contributed by atoms with Crippen LogP contribution in [0.15, 0.2) is 48.8 Å². The lowest BCUT2D eigenvalue weighted by molar-refractivity contribution is 0.0628. The van der Waals surface area contributed by atoms with Crippen LogP contribution in [0.4, 0.5) is 0 Å². The molecule has 6 nitrogen and oxygen atoms in total. The first-order valence-corrected chi connectivity index (χ1v) is 11.6. The standard InChI is InChI=1S/C25H34N4O2/c30-25(29-18-16-28(17-19-29)21-22-9-11-26-12-10-22)23-5-7-24(8-6-23)31-20-4-15-27-13-2-1-3-14-27/h5-12H,1-4,13-21H2. The maximum absolute atomic E-state index is 12.9. The topological polar surface area (TPSA) is 48.9 Å². The van der Waals surface area contributed by atoms with Crippen LogP contribution >= 0.6 is 0 Å². The first-order valence-electron chi connectivity index (χ1n) is 11.6. The number of nitrogens with zero attached hydrogens (tertiary/aromatic N) is 4. The van der Waals surface area contributed by atoms with E-state index >= 15 is 0 Å². The maximum Gasteiger partial charge on any atom is 0.253 e. The van der Waals surface area contributed by atoms with Crippen molar-refractivity contribution in [1.82, 2.24) is 19.7 Å². The highest BCUT2D eigenvalue weighted by Crippen LogP contribution is 2.16.